The number of piperidine rings is 1. The first-order chi connectivity index (χ1) is 23.2. The molecular weight excluding hydrogens is 674 g/mol. The highest BCUT2D eigenvalue weighted by Gasteiger charge is 2.31. The maximum atomic E-state index is 13.0. The van der Waals surface area contributed by atoms with E-state index in [1.165, 1.54) is 22.5 Å². The Morgan fingerprint density at radius 3 is 2.41 bits per heavy atom. The first-order valence-electron chi connectivity index (χ1n) is 16.7. The Hall–Kier alpha value is -3.29. The van der Waals surface area contributed by atoms with Crippen LogP contribution in [-0.2, 0) is 29.5 Å². The number of alkyl halides is 3. The van der Waals surface area contributed by atoms with E-state index in [4.69, 9.17) is 0 Å². The second-order valence-electron chi connectivity index (χ2n) is 13.7. The smallest absolute Gasteiger partial charge is 0.367 e. The van der Waals surface area contributed by atoms with Gasteiger partial charge in [0.2, 0.25) is 10.0 Å². The normalized spacial score (nSPS) is 18.4. The Kier molecular flexibility index (Phi) is 10.3. The van der Waals surface area contributed by atoms with E-state index < -0.39 is 22.6 Å². The molecular formula is C34H43F3N8O2S2. The van der Waals surface area contributed by atoms with E-state index in [0.29, 0.717) is 60.4 Å². The number of thiophene rings is 1. The molecule has 0 bridgehead atoms. The molecule has 1 N–H and O–H groups in total. The fourth-order valence-electron chi connectivity index (χ4n) is 7.26. The fourth-order valence-corrected chi connectivity index (χ4v) is 9.11. The topological polar surface area (TPSA) is 110 Å². The number of sulfonamides is 1. The Labute approximate surface area is 289 Å². The zero-order chi connectivity index (χ0) is 35.1. The summed E-state index contributed by atoms with van der Waals surface area (Å²) in [7, 11) is -3.21. The Bertz CT molecular complexity index is 1950. The third-order valence-electron chi connectivity index (χ3n) is 10.0. The van der Waals surface area contributed by atoms with E-state index in [1.807, 2.05) is 6.07 Å². The molecule has 49 heavy (non-hydrogen) atoms. The van der Waals surface area contributed by atoms with E-state index >= 15 is 0 Å². The SMILES string of the molecule is Cc1c(CN2CCC(Nc3ncnc4sc(CC(F)(F)F)cc34)CC2)ccc2c1cc(C#N)n2CC(C(C)C)N1CCN(S(C)(=O)=O)CC1. The van der Waals surface area contributed by atoms with Gasteiger partial charge in [-0.25, -0.2) is 18.4 Å². The van der Waals surface area contributed by atoms with Gasteiger partial charge >= 0.3 is 6.18 Å². The number of nitriles is 1. The number of nitrogens with one attached hydrogen (secondary N) is 1. The van der Waals surface area contributed by atoms with Gasteiger partial charge in [-0.1, -0.05) is 19.9 Å². The minimum atomic E-state index is -4.27. The van der Waals surface area contributed by atoms with Gasteiger partial charge in [0.25, 0.3) is 0 Å². The lowest BCUT2D eigenvalue weighted by Crippen LogP contribution is -2.54. The van der Waals surface area contributed by atoms with Crippen LogP contribution in [0, 0.1) is 24.2 Å². The highest BCUT2D eigenvalue weighted by molar-refractivity contribution is 7.88. The summed E-state index contributed by atoms with van der Waals surface area (Å²) in [5, 5.41) is 15.3. The van der Waals surface area contributed by atoms with Crippen LogP contribution in [0.25, 0.3) is 21.1 Å². The average molecular weight is 717 g/mol. The van der Waals surface area contributed by atoms with Gasteiger partial charge < -0.3 is 9.88 Å². The van der Waals surface area contributed by atoms with E-state index in [2.05, 4.69) is 68.6 Å². The van der Waals surface area contributed by atoms with E-state index in [-0.39, 0.29) is 17.0 Å². The number of aryl methyl sites for hydroxylation is 1. The Morgan fingerprint density at radius 2 is 1.78 bits per heavy atom. The standard InChI is InChI=1S/C34H43F3N8O2S2/c1-22(2)31(43-11-13-44(14-12-43)49(4,46)47)20-45-26(18-38)15-28-23(3)24(5-6-30(28)45)19-42-9-7-25(8-10-42)41-32-29-16-27(17-34(35,36)37)48-33(29)40-21-39-32/h5-6,15-16,21-22,25,31H,7-14,17,19-20H2,1-4H3,(H,39,40,41). The van der Waals surface area contributed by atoms with Crippen LogP contribution < -0.4 is 5.32 Å². The third-order valence-corrected chi connectivity index (χ3v) is 12.4. The highest BCUT2D eigenvalue weighted by atomic mass is 32.2. The Morgan fingerprint density at radius 1 is 1.06 bits per heavy atom. The number of hydrogen-bond acceptors (Lipinski definition) is 9. The average Bonchev–Trinajstić information content (AvgIpc) is 3.62. The van der Waals surface area contributed by atoms with Crippen LogP contribution in [0.15, 0.2) is 30.6 Å². The lowest BCUT2D eigenvalue weighted by atomic mass is 10.00. The van der Waals surface area contributed by atoms with Crippen molar-refractivity contribution >= 4 is 48.3 Å². The van der Waals surface area contributed by atoms with Crippen molar-refractivity contribution < 1.29 is 21.6 Å². The largest absolute Gasteiger partial charge is 0.393 e. The molecule has 6 rings (SSSR count). The first kappa shape index (κ1) is 35.5. The van der Waals surface area contributed by atoms with E-state index in [1.54, 1.807) is 6.07 Å². The summed E-state index contributed by atoms with van der Waals surface area (Å²) in [4.78, 5) is 14.1. The molecule has 3 aromatic heterocycles. The van der Waals surface area contributed by atoms with Gasteiger partial charge in [0.05, 0.1) is 18.1 Å². The first-order valence-corrected chi connectivity index (χ1v) is 19.4. The molecule has 2 saturated heterocycles. The minimum absolute atomic E-state index is 0.152. The molecule has 0 aliphatic carbocycles. The molecule has 5 heterocycles. The van der Waals surface area contributed by atoms with Crippen LogP contribution in [0.3, 0.4) is 0 Å². The molecule has 1 atom stereocenters. The van der Waals surface area contributed by atoms with Crippen LogP contribution in [-0.4, -0.2) is 101 Å². The van der Waals surface area contributed by atoms with Gasteiger partial charge in [-0.05, 0) is 55.0 Å². The highest BCUT2D eigenvalue weighted by Crippen LogP contribution is 2.34. The summed E-state index contributed by atoms with van der Waals surface area (Å²) >= 11 is 1.06. The molecule has 4 aromatic rings. The van der Waals surface area contributed by atoms with Gasteiger partial charge in [-0.3, -0.25) is 9.80 Å². The number of aromatic nitrogens is 3. The van der Waals surface area contributed by atoms with Gasteiger partial charge in [0.15, 0.2) is 0 Å². The van der Waals surface area contributed by atoms with Gasteiger partial charge in [-0.2, -0.15) is 22.7 Å². The molecule has 2 aliphatic rings. The number of nitrogens with zero attached hydrogens (tertiary/aromatic N) is 7. The van der Waals surface area contributed by atoms with Gasteiger partial charge in [-0.15, -0.1) is 11.3 Å². The Balaban J connectivity index is 1.11. The number of fused-ring (bicyclic) bond motifs is 2. The molecule has 0 amide bonds. The molecule has 264 valence electrons. The quantitative estimate of drug-likeness (QED) is 0.226. The number of anilines is 1. The summed E-state index contributed by atoms with van der Waals surface area (Å²) in [6.45, 7) is 11.9. The second kappa shape index (κ2) is 14.1. The summed E-state index contributed by atoms with van der Waals surface area (Å²) in [5.74, 6) is 0.895. The van der Waals surface area contributed by atoms with Crippen molar-refractivity contribution in [1.82, 2.24) is 28.6 Å². The predicted octanol–water partition coefficient (Wildman–Crippen LogP) is 5.61. The molecule has 1 unspecified atom stereocenters. The summed E-state index contributed by atoms with van der Waals surface area (Å²) in [6.07, 6.45) is -0.825. The number of halogens is 3. The zero-order valence-corrected chi connectivity index (χ0v) is 29.9. The predicted molar refractivity (Wildman–Crippen MR) is 187 cm³/mol. The van der Waals surface area contributed by atoms with Crippen LogP contribution >= 0.6 is 11.3 Å². The van der Waals surface area contributed by atoms with Gasteiger partial charge in [0, 0.05) is 80.2 Å². The van der Waals surface area contributed by atoms with Crippen molar-refractivity contribution in [2.45, 2.75) is 71.4 Å². The molecule has 1 aromatic carbocycles. The summed E-state index contributed by atoms with van der Waals surface area (Å²) < 4.78 is 66.7. The summed E-state index contributed by atoms with van der Waals surface area (Å²) in [5.41, 5.74) is 4.03. The van der Waals surface area contributed by atoms with E-state index in [9.17, 15) is 26.9 Å². The number of hydrogen-bond donors (Lipinski definition) is 1. The van der Waals surface area contributed by atoms with Crippen molar-refractivity contribution in [2.75, 3.05) is 50.8 Å². The lowest BCUT2D eigenvalue weighted by molar-refractivity contribution is -0.126. The van der Waals surface area contributed by atoms with Crippen molar-refractivity contribution in [3.63, 3.8) is 0 Å². The van der Waals surface area contributed by atoms with Crippen LogP contribution in [0.5, 0.6) is 0 Å². The lowest BCUT2D eigenvalue weighted by Gasteiger charge is -2.40. The number of likely N-dealkylation sites (tertiary alicyclic amines) is 1. The molecule has 2 fully saturated rings. The monoisotopic (exact) mass is 716 g/mol. The molecule has 10 nitrogen and oxygen atoms in total. The van der Waals surface area contributed by atoms with Crippen molar-refractivity contribution in [3.05, 3.63) is 52.3 Å². The number of piperazine rings is 1. The number of rotatable bonds is 10. The fraction of sp³-hybridized carbons (Fsp3) is 0.559. The van der Waals surface area contributed by atoms with Crippen molar-refractivity contribution in [2.24, 2.45) is 5.92 Å². The number of benzene rings is 1. The van der Waals surface area contributed by atoms with Crippen LogP contribution in [0.1, 0.15) is 48.4 Å². The molecule has 0 saturated carbocycles. The molecule has 2 aliphatic heterocycles. The maximum Gasteiger partial charge on any atom is 0.393 e. The van der Waals surface area contributed by atoms with Crippen LogP contribution in [0.4, 0.5) is 19.0 Å². The second-order valence-corrected chi connectivity index (χ2v) is 16.8. The molecule has 15 heteroatoms. The maximum absolute atomic E-state index is 13.0. The molecule has 0 spiro atoms. The van der Waals surface area contributed by atoms with E-state index in [0.717, 1.165) is 60.3 Å². The van der Waals surface area contributed by atoms with Crippen molar-refractivity contribution in [1.29, 1.82) is 5.26 Å². The zero-order valence-electron chi connectivity index (χ0n) is 28.3. The molecule has 0 radical (unpaired) electrons. The van der Waals surface area contributed by atoms with Gasteiger partial charge in [0.1, 0.15) is 28.7 Å². The minimum Gasteiger partial charge on any atom is -0.367 e. The summed E-state index contributed by atoms with van der Waals surface area (Å²) in [6, 6.07) is 10.6. The third kappa shape index (κ3) is 8.04. The van der Waals surface area contributed by atoms with Crippen molar-refractivity contribution in [3.8, 4) is 6.07 Å². The van der Waals surface area contributed by atoms with Crippen LogP contribution in [0.2, 0.25) is 0 Å².